The Morgan fingerprint density at radius 3 is 2.19 bits per heavy atom. The summed E-state index contributed by atoms with van der Waals surface area (Å²) in [5.74, 6) is 0. The highest BCUT2D eigenvalue weighted by Crippen LogP contribution is 2.36. The van der Waals surface area contributed by atoms with Gasteiger partial charge in [-0.25, -0.2) is 9.48 Å². The van der Waals surface area contributed by atoms with Crippen LogP contribution in [0.5, 0.6) is 0 Å². The Kier molecular flexibility index (Phi) is 6.23. The van der Waals surface area contributed by atoms with E-state index in [1.54, 1.807) is 48.5 Å². The summed E-state index contributed by atoms with van der Waals surface area (Å²) in [6.45, 7) is -0.0966. The molecule has 3 aromatic heterocycles. The molecule has 6 nitrogen and oxygen atoms in total. The predicted octanol–water partition coefficient (Wildman–Crippen LogP) is 6.65. The van der Waals surface area contributed by atoms with Crippen LogP contribution in [0.25, 0.3) is 28.0 Å². The number of alkyl halides is 3. The minimum absolute atomic E-state index is 0.0966. The fourth-order valence-corrected chi connectivity index (χ4v) is 4.27. The zero-order chi connectivity index (χ0) is 25.6. The quantitative estimate of drug-likeness (QED) is 0.251. The Bertz CT molecular complexity index is 1650. The van der Waals surface area contributed by atoms with E-state index in [-0.39, 0.29) is 12.2 Å². The lowest BCUT2D eigenvalue weighted by atomic mass is 10.00. The number of hydrogen-bond donors (Lipinski definition) is 0. The van der Waals surface area contributed by atoms with Crippen molar-refractivity contribution in [2.45, 2.75) is 12.7 Å². The molecule has 12 heteroatoms. The Morgan fingerprint density at radius 1 is 0.833 bits per heavy atom. The molecular formula is C24H13Cl3F3N5O. The van der Waals surface area contributed by atoms with Crippen molar-refractivity contribution in [3.63, 3.8) is 0 Å². The molecule has 0 aliphatic rings. The van der Waals surface area contributed by atoms with Gasteiger partial charge in [0.25, 0.3) is 0 Å². The molecule has 2 aromatic carbocycles. The summed E-state index contributed by atoms with van der Waals surface area (Å²) in [7, 11) is 0. The average molecular weight is 551 g/mol. The van der Waals surface area contributed by atoms with E-state index in [4.69, 9.17) is 34.8 Å². The monoisotopic (exact) mass is 549 g/mol. The lowest BCUT2D eigenvalue weighted by Gasteiger charge is -2.11. The summed E-state index contributed by atoms with van der Waals surface area (Å²) in [6, 6.07) is 15.7. The van der Waals surface area contributed by atoms with E-state index < -0.39 is 17.6 Å². The first kappa shape index (κ1) is 24.3. The van der Waals surface area contributed by atoms with Crippen LogP contribution in [0, 0.1) is 0 Å². The van der Waals surface area contributed by atoms with Crippen LogP contribution in [0.15, 0.2) is 71.7 Å². The van der Waals surface area contributed by atoms with Gasteiger partial charge in [0.1, 0.15) is 11.4 Å². The summed E-state index contributed by atoms with van der Waals surface area (Å²) in [4.78, 5) is 16.5. The second kappa shape index (κ2) is 9.24. The van der Waals surface area contributed by atoms with Gasteiger partial charge in [0.05, 0.1) is 11.6 Å². The lowest BCUT2D eigenvalue weighted by Crippen LogP contribution is -2.23. The van der Waals surface area contributed by atoms with Crippen LogP contribution in [0.2, 0.25) is 15.1 Å². The standard InChI is InChI=1S/C24H13Cl3F3N5O/c25-15-4-2-14(3-5-15)18-10-21-32-34(12-13-1-8-20(31-11-13)24(28,29)30)23(36)35(21)33-22(18)17-7-6-16(26)9-19(17)27/h1-11H,12H2. The van der Waals surface area contributed by atoms with Gasteiger partial charge >= 0.3 is 11.9 Å². The summed E-state index contributed by atoms with van der Waals surface area (Å²) in [5, 5.41) is 10.2. The first-order valence-electron chi connectivity index (χ1n) is 10.3. The highest BCUT2D eigenvalue weighted by Gasteiger charge is 2.32. The van der Waals surface area contributed by atoms with Gasteiger partial charge in [-0.2, -0.15) is 22.8 Å². The molecule has 5 rings (SSSR count). The normalized spacial score (nSPS) is 11.8. The average Bonchev–Trinajstić information content (AvgIpc) is 3.13. The Balaban J connectivity index is 1.64. The molecule has 0 unspecified atom stereocenters. The van der Waals surface area contributed by atoms with Gasteiger partial charge in [0.15, 0.2) is 5.65 Å². The highest BCUT2D eigenvalue weighted by molar-refractivity contribution is 6.36. The van der Waals surface area contributed by atoms with Crippen molar-refractivity contribution in [3.8, 4) is 22.4 Å². The van der Waals surface area contributed by atoms with E-state index >= 15 is 0 Å². The van der Waals surface area contributed by atoms with Gasteiger partial charge in [-0.15, -0.1) is 5.10 Å². The van der Waals surface area contributed by atoms with E-state index in [1.165, 1.54) is 6.07 Å². The molecule has 0 aliphatic heterocycles. The zero-order valence-electron chi connectivity index (χ0n) is 18.0. The molecule has 0 atom stereocenters. The van der Waals surface area contributed by atoms with Gasteiger partial charge in [-0.05, 0) is 53.6 Å². The molecule has 5 aromatic rings. The highest BCUT2D eigenvalue weighted by atomic mass is 35.5. The number of nitrogens with zero attached hydrogens (tertiary/aromatic N) is 5. The maximum Gasteiger partial charge on any atom is 0.433 e. The maximum atomic E-state index is 13.1. The largest absolute Gasteiger partial charge is 0.433 e. The fourth-order valence-electron chi connectivity index (χ4n) is 3.64. The molecule has 0 saturated heterocycles. The summed E-state index contributed by atoms with van der Waals surface area (Å²) in [5.41, 5.74) is 1.34. The molecule has 0 amide bonds. The third kappa shape index (κ3) is 4.69. The van der Waals surface area contributed by atoms with Crippen molar-refractivity contribution in [2.24, 2.45) is 0 Å². The molecule has 0 radical (unpaired) electrons. The number of benzene rings is 2. The van der Waals surface area contributed by atoms with Crippen LogP contribution in [0.3, 0.4) is 0 Å². The molecule has 0 fully saturated rings. The predicted molar refractivity (Wildman–Crippen MR) is 131 cm³/mol. The number of aromatic nitrogens is 5. The van der Waals surface area contributed by atoms with Crippen molar-refractivity contribution >= 4 is 40.4 Å². The third-order valence-corrected chi connectivity index (χ3v) is 6.16. The minimum atomic E-state index is -4.56. The molecule has 36 heavy (non-hydrogen) atoms. The van der Waals surface area contributed by atoms with Gasteiger partial charge in [0.2, 0.25) is 0 Å². The topological polar surface area (TPSA) is 65.1 Å². The van der Waals surface area contributed by atoms with Gasteiger partial charge in [-0.3, -0.25) is 4.98 Å². The van der Waals surface area contributed by atoms with E-state index in [0.717, 1.165) is 27.0 Å². The van der Waals surface area contributed by atoms with Crippen molar-refractivity contribution in [1.29, 1.82) is 0 Å². The summed E-state index contributed by atoms with van der Waals surface area (Å²) in [6.07, 6.45) is -3.50. The zero-order valence-corrected chi connectivity index (χ0v) is 20.2. The van der Waals surface area contributed by atoms with Crippen LogP contribution in [0.4, 0.5) is 13.2 Å². The summed E-state index contributed by atoms with van der Waals surface area (Å²) >= 11 is 18.6. The number of hydrogen-bond acceptors (Lipinski definition) is 4. The molecular weight excluding hydrogens is 538 g/mol. The van der Waals surface area contributed by atoms with Gasteiger partial charge in [0, 0.05) is 27.4 Å². The van der Waals surface area contributed by atoms with E-state index in [0.29, 0.717) is 37.5 Å². The van der Waals surface area contributed by atoms with Crippen LogP contribution < -0.4 is 5.69 Å². The first-order valence-corrected chi connectivity index (χ1v) is 11.5. The molecule has 0 bridgehead atoms. The Morgan fingerprint density at radius 2 is 1.56 bits per heavy atom. The summed E-state index contributed by atoms with van der Waals surface area (Å²) < 4.78 is 40.6. The lowest BCUT2D eigenvalue weighted by molar-refractivity contribution is -0.141. The fraction of sp³-hybridized carbons (Fsp3) is 0.0833. The molecule has 0 spiro atoms. The van der Waals surface area contributed by atoms with Crippen molar-refractivity contribution in [3.05, 3.63) is 104 Å². The number of pyridine rings is 1. The Labute approximate surface area is 216 Å². The van der Waals surface area contributed by atoms with Crippen LogP contribution in [-0.2, 0) is 12.7 Å². The Hall–Kier alpha value is -3.40. The maximum absolute atomic E-state index is 13.1. The molecule has 3 heterocycles. The molecule has 0 N–H and O–H groups in total. The molecule has 182 valence electrons. The van der Waals surface area contributed by atoms with Crippen LogP contribution in [0.1, 0.15) is 11.3 Å². The SMILES string of the molecule is O=c1n(Cc2ccc(C(F)(F)F)nc2)nc2cc(-c3ccc(Cl)cc3)c(-c3ccc(Cl)cc3Cl)nn12. The van der Waals surface area contributed by atoms with Crippen molar-refractivity contribution < 1.29 is 13.2 Å². The van der Waals surface area contributed by atoms with Crippen LogP contribution >= 0.6 is 34.8 Å². The molecule has 0 aliphatic carbocycles. The number of halogens is 6. The number of rotatable bonds is 4. The van der Waals surface area contributed by atoms with Crippen molar-refractivity contribution in [2.75, 3.05) is 0 Å². The van der Waals surface area contributed by atoms with E-state index in [1.807, 2.05) is 0 Å². The van der Waals surface area contributed by atoms with E-state index in [2.05, 4.69) is 15.2 Å². The van der Waals surface area contributed by atoms with Gasteiger partial charge in [-0.1, -0.05) is 53.0 Å². The smallest absolute Gasteiger partial charge is 0.251 e. The van der Waals surface area contributed by atoms with E-state index in [9.17, 15) is 18.0 Å². The van der Waals surface area contributed by atoms with Crippen LogP contribution in [-0.4, -0.2) is 24.4 Å². The second-order valence-electron chi connectivity index (χ2n) is 7.80. The first-order chi connectivity index (χ1) is 17.1. The third-order valence-electron chi connectivity index (χ3n) is 5.36. The minimum Gasteiger partial charge on any atom is -0.251 e. The molecule has 0 saturated carbocycles. The van der Waals surface area contributed by atoms with Crippen molar-refractivity contribution in [1.82, 2.24) is 24.4 Å². The number of fused-ring (bicyclic) bond motifs is 1. The van der Waals surface area contributed by atoms with Gasteiger partial charge < -0.3 is 0 Å². The second-order valence-corrected chi connectivity index (χ2v) is 9.08.